The fourth-order valence-corrected chi connectivity index (χ4v) is 3.63. The molecule has 3 aromatic rings. The number of ether oxygens (including phenoxy) is 1. The molecule has 1 aliphatic heterocycles. The summed E-state index contributed by atoms with van der Waals surface area (Å²) >= 11 is 6.01. The highest BCUT2D eigenvalue weighted by Gasteiger charge is 2.35. The van der Waals surface area contributed by atoms with Crippen molar-refractivity contribution in [2.45, 2.75) is 18.9 Å². The van der Waals surface area contributed by atoms with Crippen LogP contribution in [0.2, 0.25) is 5.02 Å². The number of halogens is 4. The van der Waals surface area contributed by atoms with Crippen molar-refractivity contribution >= 4 is 23.6 Å². The predicted octanol–water partition coefficient (Wildman–Crippen LogP) is 4.84. The molecule has 4 rings (SSSR count). The third-order valence-electron chi connectivity index (χ3n) is 5.17. The zero-order chi connectivity index (χ0) is 23.8. The van der Waals surface area contributed by atoms with Gasteiger partial charge in [-0.25, -0.2) is 0 Å². The molecule has 2 aromatic carbocycles. The van der Waals surface area contributed by atoms with Gasteiger partial charge in [-0.1, -0.05) is 23.7 Å². The average molecular weight is 477 g/mol. The van der Waals surface area contributed by atoms with Crippen molar-refractivity contribution in [3.8, 4) is 22.6 Å². The lowest BCUT2D eigenvalue weighted by atomic mass is 10.0. The number of hydrogen-bond donors (Lipinski definition) is 2. The fraction of sp³-hybridized carbons (Fsp3) is 0.217. The molecule has 0 fully saturated rings. The van der Waals surface area contributed by atoms with Gasteiger partial charge in [-0.05, 0) is 55.0 Å². The van der Waals surface area contributed by atoms with Crippen LogP contribution in [0.25, 0.3) is 16.8 Å². The Bertz CT molecular complexity index is 1250. The van der Waals surface area contributed by atoms with Gasteiger partial charge in [0.25, 0.3) is 5.56 Å². The Labute approximate surface area is 192 Å². The van der Waals surface area contributed by atoms with E-state index in [-0.39, 0.29) is 5.56 Å². The number of nitrogens with one attached hydrogen (secondary N) is 2. The summed E-state index contributed by atoms with van der Waals surface area (Å²) in [6.07, 6.45) is -2.97. The molecule has 0 spiro atoms. The van der Waals surface area contributed by atoms with E-state index < -0.39 is 18.5 Å². The van der Waals surface area contributed by atoms with Gasteiger partial charge in [0.2, 0.25) is 0 Å². The molecule has 10 heteroatoms. The lowest BCUT2D eigenvalue weighted by molar-refractivity contribution is -0.127. The van der Waals surface area contributed by atoms with E-state index in [4.69, 9.17) is 16.3 Å². The van der Waals surface area contributed by atoms with E-state index in [1.165, 1.54) is 17.7 Å². The van der Waals surface area contributed by atoms with Gasteiger partial charge in [0.15, 0.2) is 5.79 Å². The van der Waals surface area contributed by atoms with Gasteiger partial charge >= 0.3 is 6.18 Å². The number of nitrogens with zero attached hydrogens (tertiary/aromatic N) is 2. The smallest absolute Gasteiger partial charge is 0.401 e. The van der Waals surface area contributed by atoms with Gasteiger partial charge in [0, 0.05) is 22.4 Å². The molecule has 0 saturated carbocycles. The molecule has 0 bridgehead atoms. The molecule has 0 unspecified atom stereocenters. The summed E-state index contributed by atoms with van der Waals surface area (Å²) in [5, 5.41) is 5.81. The number of methoxy groups -OCH3 is 1. The molecule has 1 atom stereocenters. The van der Waals surface area contributed by atoms with Gasteiger partial charge in [-0.2, -0.15) is 13.2 Å². The highest BCUT2D eigenvalue weighted by Crippen LogP contribution is 2.30. The van der Waals surface area contributed by atoms with Crippen molar-refractivity contribution in [2.24, 2.45) is 4.99 Å². The zero-order valence-electron chi connectivity index (χ0n) is 17.7. The van der Waals surface area contributed by atoms with E-state index in [1.807, 2.05) is 0 Å². The lowest BCUT2D eigenvalue weighted by Gasteiger charge is -2.34. The minimum atomic E-state index is -4.42. The van der Waals surface area contributed by atoms with Crippen LogP contribution in [0.5, 0.6) is 5.75 Å². The van der Waals surface area contributed by atoms with Crippen LogP contribution >= 0.6 is 11.6 Å². The number of pyridine rings is 1. The minimum Gasteiger partial charge on any atom is -0.497 e. The SMILES string of the molecule is COc1ccc(-c2cc3c(n(-c4ccc(Cl)cc4)c2=O)N[C@@](C)(NCC(F)(F)F)N=C3)cc1. The van der Waals surface area contributed by atoms with E-state index in [9.17, 15) is 18.0 Å². The van der Waals surface area contributed by atoms with Crippen LogP contribution in [0.15, 0.2) is 64.4 Å². The van der Waals surface area contributed by atoms with E-state index in [1.54, 1.807) is 61.7 Å². The number of anilines is 1. The molecule has 6 nitrogen and oxygen atoms in total. The Morgan fingerprint density at radius 2 is 1.82 bits per heavy atom. The largest absolute Gasteiger partial charge is 0.497 e. The monoisotopic (exact) mass is 476 g/mol. The molecule has 0 saturated heterocycles. The van der Waals surface area contributed by atoms with Crippen LogP contribution in [-0.4, -0.2) is 36.4 Å². The summed E-state index contributed by atoms with van der Waals surface area (Å²) in [6.45, 7) is 0.213. The van der Waals surface area contributed by atoms with E-state index >= 15 is 0 Å². The van der Waals surface area contributed by atoms with E-state index in [2.05, 4.69) is 15.6 Å². The Morgan fingerprint density at radius 1 is 1.15 bits per heavy atom. The highest BCUT2D eigenvalue weighted by molar-refractivity contribution is 6.30. The van der Waals surface area contributed by atoms with Gasteiger partial charge < -0.3 is 10.1 Å². The first-order valence-corrected chi connectivity index (χ1v) is 10.3. The fourth-order valence-electron chi connectivity index (χ4n) is 3.50. The van der Waals surface area contributed by atoms with Crippen molar-refractivity contribution in [3.63, 3.8) is 0 Å². The molecular weight excluding hydrogens is 457 g/mol. The molecule has 172 valence electrons. The molecule has 2 heterocycles. The summed E-state index contributed by atoms with van der Waals surface area (Å²) in [6, 6.07) is 15.3. The van der Waals surface area contributed by atoms with Crippen LogP contribution in [0.4, 0.5) is 19.0 Å². The number of fused-ring (bicyclic) bond motifs is 1. The summed E-state index contributed by atoms with van der Waals surface area (Å²) in [5.41, 5.74) is 1.73. The molecular formula is C23H20ClF3N4O2. The van der Waals surface area contributed by atoms with Crippen LogP contribution in [0.1, 0.15) is 12.5 Å². The van der Waals surface area contributed by atoms with Gasteiger partial charge in [-0.15, -0.1) is 0 Å². The first-order chi connectivity index (χ1) is 15.6. The van der Waals surface area contributed by atoms with E-state index in [0.717, 1.165) is 0 Å². The van der Waals surface area contributed by atoms with Crippen LogP contribution in [-0.2, 0) is 0 Å². The van der Waals surface area contributed by atoms with Crippen LogP contribution in [0, 0.1) is 0 Å². The molecule has 33 heavy (non-hydrogen) atoms. The number of aliphatic imine (C=N–C) groups is 1. The molecule has 0 amide bonds. The standard InChI is InChI=1S/C23H20ClF3N4O2/c1-22(29-13-23(25,26)27)28-12-15-11-19(14-3-9-18(33-2)10-4-14)21(32)31(20(15)30-22)17-7-5-16(24)6-8-17/h3-12,29-30H,13H2,1-2H3/t22-/m1/s1. The first-order valence-electron chi connectivity index (χ1n) is 9.94. The second-order valence-corrected chi connectivity index (χ2v) is 8.07. The quantitative estimate of drug-likeness (QED) is 0.553. The maximum Gasteiger partial charge on any atom is 0.401 e. The number of benzene rings is 2. The summed E-state index contributed by atoms with van der Waals surface area (Å²) in [5.74, 6) is -0.513. The van der Waals surface area contributed by atoms with E-state index in [0.29, 0.717) is 39.0 Å². The Morgan fingerprint density at radius 3 is 2.42 bits per heavy atom. The average Bonchev–Trinajstić information content (AvgIpc) is 2.78. The number of alkyl halides is 3. The van der Waals surface area contributed by atoms with Crippen LogP contribution < -0.4 is 20.9 Å². The molecule has 0 radical (unpaired) electrons. The van der Waals surface area contributed by atoms with Crippen molar-refractivity contribution in [3.05, 3.63) is 75.5 Å². The number of rotatable bonds is 5. The van der Waals surface area contributed by atoms with Gasteiger partial charge in [0.05, 0.1) is 19.3 Å². The van der Waals surface area contributed by atoms with Crippen molar-refractivity contribution in [2.75, 3.05) is 19.0 Å². The molecule has 1 aromatic heterocycles. The normalized spacial score (nSPS) is 17.4. The van der Waals surface area contributed by atoms with Crippen molar-refractivity contribution < 1.29 is 17.9 Å². The Kier molecular flexibility index (Phi) is 5.94. The number of aromatic nitrogens is 1. The summed E-state index contributed by atoms with van der Waals surface area (Å²) < 4.78 is 45.0. The lowest BCUT2D eigenvalue weighted by Crippen LogP contribution is -2.53. The molecule has 1 aliphatic rings. The van der Waals surface area contributed by atoms with Gasteiger partial charge in [0.1, 0.15) is 11.6 Å². The third kappa shape index (κ3) is 4.89. The third-order valence-corrected chi connectivity index (χ3v) is 5.42. The Balaban J connectivity index is 1.87. The van der Waals surface area contributed by atoms with Crippen molar-refractivity contribution in [1.29, 1.82) is 0 Å². The molecule has 0 aliphatic carbocycles. The van der Waals surface area contributed by atoms with Crippen LogP contribution in [0.3, 0.4) is 0 Å². The second kappa shape index (κ2) is 8.57. The molecule has 2 N–H and O–H groups in total. The summed E-state index contributed by atoms with van der Waals surface area (Å²) in [4.78, 5) is 17.9. The predicted molar refractivity (Wildman–Crippen MR) is 123 cm³/mol. The first kappa shape index (κ1) is 22.9. The maximum atomic E-state index is 13.6. The van der Waals surface area contributed by atoms with Gasteiger partial charge in [-0.3, -0.25) is 19.7 Å². The highest BCUT2D eigenvalue weighted by atomic mass is 35.5. The summed E-state index contributed by atoms with van der Waals surface area (Å²) in [7, 11) is 1.55. The second-order valence-electron chi connectivity index (χ2n) is 7.63. The Hall–Kier alpha value is -3.30. The van der Waals surface area contributed by atoms with Crippen molar-refractivity contribution in [1.82, 2.24) is 9.88 Å². The zero-order valence-corrected chi connectivity index (χ0v) is 18.5. The maximum absolute atomic E-state index is 13.6. The number of hydrogen-bond acceptors (Lipinski definition) is 5. The minimum absolute atomic E-state index is 0.312. The topological polar surface area (TPSA) is 67.7 Å².